The lowest BCUT2D eigenvalue weighted by molar-refractivity contribution is 0.371. The van der Waals surface area contributed by atoms with Gasteiger partial charge in [0.2, 0.25) is 0 Å². The van der Waals surface area contributed by atoms with E-state index >= 15 is 0 Å². The molecule has 23 heavy (non-hydrogen) atoms. The Morgan fingerprint density at radius 3 is 2.78 bits per heavy atom. The lowest BCUT2D eigenvalue weighted by Crippen LogP contribution is -2.13. The van der Waals surface area contributed by atoms with Gasteiger partial charge in [-0.05, 0) is 31.0 Å². The van der Waals surface area contributed by atoms with Gasteiger partial charge >= 0.3 is 0 Å². The molecule has 1 aromatic carbocycles. The van der Waals surface area contributed by atoms with Crippen LogP contribution in [0.15, 0.2) is 29.9 Å². The lowest BCUT2D eigenvalue weighted by Gasteiger charge is -2.09. The fourth-order valence-corrected chi connectivity index (χ4v) is 1.84. The summed E-state index contributed by atoms with van der Waals surface area (Å²) in [4.78, 5) is 0. The number of ether oxygens (including phenoxy) is 1. The molecule has 0 fully saturated rings. The molecule has 124 valence electrons. The zero-order valence-electron chi connectivity index (χ0n) is 12.9. The summed E-state index contributed by atoms with van der Waals surface area (Å²) in [5.41, 5.74) is 4.15. The van der Waals surface area contributed by atoms with Crippen molar-refractivity contribution >= 4 is 24.6 Å². The van der Waals surface area contributed by atoms with E-state index in [9.17, 15) is 5.11 Å². The molecule has 0 aliphatic heterocycles. The van der Waals surface area contributed by atoms with Crippen LogP contribution in [0.5, 0.6) is 11.5 Å². The normalized spacial score (nSPS) is 10.3. The number of hydrogen-bond donors (Lipinski definition) is 3. The van der Waals surface area contributed by atoms with Crippen LogP contribution >= 0.6 is 12.4 Å². The molecule has 0 bridgehead atoms. The minimum absolute atomic E-state index is 0. The number of aromatic hydroxyl groups is 1. The molecule has 0 atom stereocenters. The number of allylic oxidation sites excluding steroid dienone is 1. The van der Waals surface area contributed by atoms with Crippen LogP contribution in [0.3, 0.4) is 0 Å². The van der Waals surface area contributed by atoms with Crippen LogP contribution in [-0.2, 0) is 6.42 Å². The summed E-state index contributed by atoms with van der Waals surface area (Å²) in [6.07, 6.45) is 3.79. The third-order valence-electron chi connectivity index (χ3n) is 3.00. The number of phenols is 1. The van der Waals surface area contributed by atoms with Crippen LogP contribution in [0.2, 0.25) is 0 Å². The van der Waals surface area contributed by atoms with Crippen LogP contribution in [0.25, 0.3) is 0 Å². The molecule has 8 nitrogen and oxygen atoms in total. The van der Waals surface area contributed by atoms with Gasteiger partial charge < -0.3 is 15.7 Å². The van der Waals surface area contributed by atoms with E-state index in [-0.39, 0.29) is 18.2 Å². The second-order valence-electron chi connectivity index (χ2n) is 4.53. The van der Waals surface area contributed by atoms with Crippen LogP contribution in [0, 0.1) is 6.92 Å². The zero-order valence-corrected chi connectivity index (χ0v) is 13.7. The minimum Gasteiger partial charge on any atom is -0.504 e. The maximum Gasteiger partial charge on any atom is 0.263 e. The Kier molecular flexibility index (Phi) is 6.40. The largest absolute Gasteiger partial charge is 0.504 e. The highest BCUT2D eigenvalue weighted by atomic mass is 35.5. The fourth-order valence-electron chi connectivity index (χ4n) is 1.84. The average molecular weight is 339 g/mol. The highest BCUT2D eigenvalue weighted by Crippen LogP contribution is 2.31. The molecule has 0 aliphatic carbocycles. The van der Waals surface area contributed by atoms with E-state index in [0.717, 1.165) is 5.56 Å². The van der Waals surface area contributed by atoms with E-state index in [1.165, 1.54) is 11.8 Å². The topological polar surface area (TPSA) is 111 Å². The first-order chi connectivity index (χ1) is 10.6. The molecule has 0 radical (unpaired) electrons. The standard InChI is InChI=1S/C14H18N6O2.ClH/c1-4-5-11-6-10(7-12(22-3)13(11)21)8-16-18-14-19-17-9(2)20(14)15;/h4,6-8,21H,1,5,15H2,2-3H3,(H,18,19);1H. The number of hydrazone groups is 1. The summed E-state index contributed by atoms with van der Waals surface area (Å²) >= 11 is 0. The number of nitrogen functional groups attached to an aromatic ring is 1. The van der Waals surface area contributed by atoms with Crippen molar-refractivity contribution in [1.29, 1.82) is 0 Å². The molecule has 4 N–H and O–H groups in total. The highest BCUT2D eigenvalue weighted by molar-refractivity contribution is 5.85. The van der Waals surface area contributed by atoms with Crippen LogP contribution in [0.4, 0.5) is 5.95 Å². The predicted molar refractivity (Wildman–Crippen MR) is 91.9 cm³/mol. The summed E-state index contributed by atoms with van der Waals surface area (Å²) in [5.74, 6) is 7.07. The number of phenolic OH excluding ortho intramolecular Hbond substituents is 1. The van der Waals surface area contributed by atoms with Crippen molar-refractivity contribution in [2.75, 3.05) is 18.4 Å². The number of aryl methyl sites for hydroxylation is 1. The predicted octanol–water partition coefficient (Wildman–Crippen LogP) is 1.61. The number of aromatic nitrogens is 3. The van der Waals surface area contributed by atoms with Crippen molar-refractivity contribution in [1.82, 2.24) is 14.9 Å². The molecule has 2 rings (SSSR count). The van der Waals surface area contributed by atoms with E-state index < -0.39 is 0 Å². The van der Waals surface area contributed by atoms with Crippen LogP contribution in [0.1, 0.15) is 17.0 Å². The van der Waals surface area contributed by atoms with Crippen molar-refractivity contribution in [3.63, 3.8) is 0 Å². The van der Waals surface area contributed by atoms with Gasteiger partial charge in [-0.1, -0.05) is 6.08 Å². The summed E-state index contributed by atoms with van der Waals surface area (Å²) in [7, 11) is 1.49. The van der Waals surface area contributed by atoms with Crippen molar-refractivity contribution in [3.8, 4) is 11.5 Å². The second kappa shape index (κ2) is 8.04. The van der Waals surface area contributed by atoms with Crippen LogP contribution in [-0.4, -0.2) is 33.3 Å². The van der Waals surface area contributed by atoms with E-state index in [0.29, 0.717) is 29.5 Å². The molecule has 0 aliphatic rings. The monoisotopic (exact) mass is 338 g/mol. The Bertz CT molecular complexity index is 714. The Morgan fingerprint density at radius 2 is 2.22 bits per heavy atom. The number of methoxy groups -OCH3 is 1. The Hall–Kier alpha value is -2.74. The number of rotatable bonds is 6. The van der Waals surface area contributed by atoms with E-state index in [1.807, 2.05) is 0 Å². The van der Waals surface area contributed by atoms with Gasteiger partial charge in [-0.15, -0.1) is 29.2 Å². The van der Waals surface area contributed by atoms with E-state index in [1.54, 1.807) is 31.3 Å². The number of halogens is 1. The van der Waals surface area contributed by atoms with Crippen molar-refractivity contribution in [2.24, 2.45) is 5.10 Å². The number of nitrogens with one attached hydrogen (secondary N) is 1. The fraction of sp³-hybridized carbons (Fsp3) is 0.214. The van der Waals surface area contributed by atoms with Crippen molar-refractivity contribution in [2.45, 2.75) is 13.3 Å². The number of anilines is 1. The third-order valence-corrected chi connectivity index (χ3v) is 3.00. The smallest absolute Gasteiger partial charge is 0.263 e. The highest BCUT2D eigenvalue weighted by Gasteiger charge is 2.09. The first-order valence-corrected chi connectivity index (χ1v) is 6.53. The summed E-state index contributed by atoms with van der Waals surface area (Å²) < 4.78 is 6.44. The number of nitrogens with zero attached hydrogens (tertiary/aromatic N) is 4. The van der Waals surface area contributed by atoms with Gasteiger partial charge in [0.05, 0.1) is 13.3 Å². The quantitative estimate of drug-likeness (QED) is 0.319. The van der Waals surface area contributed by atoms with Crippen molar-refractivity contribution < 1.29 is 9.84 Å². The first kappa shape index (κ1) is 18.3. The molecule has 0 unspecified atom stereocenters. The van der Waals surface area contributed by atoms with Gasteiger partial charge in [0.25, 0.3) is 5.95 Å². The van der Waals surface area contributed by atoms with Gasteiger partial charge in [0.15, 0.2) is 17.3 Å². The molecule has 0 saturated carbocycles. The van der Waals surface area contributed by atoms with Gasteiger partial charge in [0, 0.05) is 5.56 Å². The maximum absolute atomic E-state index is 10.0. The lowest BCUT2D eigenvalue weighted by atomic mass is 10.1. The Balaban J connectivity index is 0.00000264. The third kappa shape index (κ3) is 4.13. The molecule has 1 aromatic heterocycles. The molecule has 0 spiro atoms. The van der Waals surface area contributed by atoms with Gasteiger partial charge in [-0.3, -0.25) is 0 Å². The summed E-state index contributed by atoms with van der Waals surface area (Å²) in [6, 6.07) is 3.47. The van der Waals surface area contributed by atoms with E-state index in [2.05, 4.69) is 27.3 Å². The molecular formula is C14H19ClN6O2. The van der Waals surface area contributed by atoms with Gasteiger partial charge in [0.1, 0.15) is 0 Å². The SMILES string of the molecule is C=CCc1cc(C=NNc2nnc(C)n2N)cc(OC)c1O.Cl. The maximum atomic E-state index is 10.0. The number of nitrogens with two attached hydrogens (primary N) is 1. The van der Waals surface area contributed by atoms with E-state index in [4.69, 9.17) is 10.6 Å². The minimum atomic E-state index is 0. The summed E-state index contributed by atoms with van der Waals surface area (Å²) in [6.45, 7) is 5.40. The average Bonchev–Trinajstić information content (AvgIpc) is 2.82. The molecule has 9 heteroatoms. The second-order valence-corrected chi connectivity index (χ2v) is 4.53. The molecule has 0 saturated heterocycles. The molecule has 2 aromatic rings. The Morgan fingerprint density at radius 1 is 1.48 bits per heavy atom. The number of hydrogen-bond acceptors (Lipinski definition) is 7. The van der Waals surface area contributed by atoms with Gasteiger partial charge in [-0.25, -0.2) is 10.1 Å². The molecule has 1 heterocycles. The first-order valence-electron chi connectivity index (χ1n) is 6.53. The summed E-state index contributed by atoms with van der Waals surface area (Å²) in [5, 5.41) is 21.7. The zero-order chi connectivity index (χ0) is 16.1. The molecular weight excluding hydrogens is 320 g/mol. The molecule has 0 amide bonds. The van der Waals surface area contributed by atoms with Crippen molar-refractivity contribution in [3.05, 3.63) is 41.7 Å². The Labute approximate surface area is 140 Å². The van der Waals surface area contributed by atoms with Gasteiger partial charge in [-0.2, -0.15) is 5.10 Å². The number of benzene rings is 1. The van der Waals surface area contributed by atoms with Crippen LogP contribution < -0.4 is 16.0 Å².